The fourth-order valence-corrected chi connectivity index (χ4v) is 4.41. The van der Waals surface area contributed by atoms with Crippen molar-refractivity contribution < 1.29 is 14.2 Å². The highest BCUT2D eigenvalue weighted by molar-refractivity contribution is 5.13. The molecule has 3 nitrogen and oxygen atoms in total. The van der Waals surface area contributed by atoms with E-state index in [1.165, 1.54) is 24.8 Å². The zero-order chi connectivity index (χ0) is 17.0. The Morgan fingerprint density at radius 3 is 2.76 bits per heavy atom. The summed E-state index contributed by atoms with van der Waals surface area (Å²) in [5, 5.41) is 0. The molecule has 0 aromatic heterocycles. The van der Waals surface area contributed by atoms with Gasteiger partial charge in [-0.25, -0.2) is 0 Å². The Morgan fingerprint density at radius 1 is 1.08 bits per heavy atom. The van der Waals surface area contributed by atoms with Gasteiger partial charge in [0.15, 0.2) is 5.79 Å². The minimum Gasteiger partial charge on any atom is -0.374 e. The molecule has 1 aromatic carbocycles. The second-order valence-corrected chi connectivity index (χ2v) is 7.76. The first kappa shape index (κ1) is 17.3. The van der Waals surface area contributed by atoms with E-state index in [2.05, 4.69) is 36.4 Å². The molecule has 2 fully saturated rings. The molecule has 1 aromatic rings. The molecular formula is C22H30O3. The average Bonchev–Trinajstić information content (AvgIpc) is 2.91. The molecule has 4 rings (SSSR count). The molecule has 0 radical (unpaired) electrons. The van der Waals surface area contributed by atoms with E-state index in [1.807, 2.05) is 6.07 Å². The van der Waals surface area contributed by atoms with Crippen LogP contribution in [0.3, 0.4) is 0 Å². The van der Waals surface area contributed by atoms with E-state index in [4.69, 9.17) is 14.2 Å². The third kappa shape index (κ3) is 4.33. The second kappa shape index (κ2) is 8.03. The van der Waals surface area contributed by atoms with Gasteiger partial charge in [-0.2, -0.15) is 0 Å². The molecule has 1 saturated carbocycles. The highest BCUT2D eigenvalue weighted by atomic mass is 16.7. The van der Waals surface area contributed by atoms with Gasteiger partial charge in [-0.05, 0) is 37.7 Å². The smallest absolute Gasteiger partial charge is 0.168 e. The molecular weight excluding hydrogens is 312 g/mol. The molecule has 136 valence electrons. The predicted molar refractivity (Wildman–Crippen MR) is 98.1 cm³/mol. The fraction of sp³-hybridized carbons (Fsp3) is 0.636. The van der Waals surface area contributed by atoms with Crippen molar-refractivity contribution in [3.8, 4) is 0 Å². The van der Waals surface area contributed by atoms with E-state index in [0.717, 1.165) is 38.7 Å². The monoisotopic (exact) mass is 342 g/mol. The van der Waals surface area contributed by atoms with Crippen molar-refractivity contribution in [2.24, 2.45) is 5.92 Å². The molecule has 3 heteroatoms. The summed E-state index contributed by atoms with van der Waals surface area (Å²) in [6.07, 6.45) is 14.3. The van der Waals surface area contributed by atoms with Crippen LogP contribution < -0.4 is 0 Å². The molecule has 3 aliphatic rings. The van der Waals surface area contributed by atoms with Gasteiger partial charge in [0.2, 0.25) is 0 Å². The van der Waals surface area contributed by atoms with Crippen LogP contribution in [0.25, 0.3) is 0 Å². The highest BCUT2D eigenvalue weighted by Crippen LogP contribution is 2.41. The largest absolute Gasteiger partial charge is 0.374 e. The number of hydrogen-bond donors (Lipinski definition) is 0. The summed E-state index contributed by atoms with van der Waals surface area (Å²) in [4.78, 5) is 0. The van der Waals surface area contributed by atoms with E-state index < -0.39 is 0 Å². The third-order valence-corrected chi connectivity index (χ3v) is 5.87. The van der Waals surface area contributed by atoms with Crippen LogP contribution in [-0.2, 0) is 20.8 Å². The van der Waals surface area contributed by atoms with Crippen molar-refractivity contribution in [3.05, 3.63) is 48.0 Å². The quantitative estimate of drug-likeness (QED) is 0.720. The molecule has 25 heavy (non-hydrogen) atoms. The molecule has 2 aliphatic carbocycles. The zero-order valence-corrected chi connectivity index (χ0v) is 15.1. The van der Waals surface area contributed by atoms with Gasteiger partial charge in [-0.15, -0.1) is 0 Å². The van der Waals surface area contributed by atoms with E-state index in [-0.39, 0.29) is 11.9 Å². The summed E-state index contributed by atoms with van der Waals surface area (Å²) < 4.78 is 18.9. The maximum Gasteiger partial charge on any atom is 0.168 e. The maximum atomic E-state index is 6.47. The molecule has 1 spiro atoms. The van der Waals surface area contributed by atoms with Gasteiger partial charge in [0.25, 0.3) is 0 Å². The van der Waals surface area contributed by atoms with Gasteiger partial charge in [-0.1, -0.05) is 48.9 Å². The lowest BCUT2D eigenvalue weighted by atomic mass is 9.93. The Kier molecular flexibility index (Phi) is 5.54. The van der Waals surface area contributed by atoms with E-state index in [9.17, 15) is 0 Å². The first-order valence-corrected chi connectivity index (χ1v) is 9.97. The summed E-state index contributed by atoms with van der Waals surface area (Å²) in [7, 11) is 0. The van der Waals surface area contributed by atoms with E-state index in [0.29, 0.717) is 18.6 Å². The molecule has 0 N–H and O–H groups in total. The van der Waals surface area contributed by atoms with Crippen molar-refractivity contribution in [2.75, 3.05) is 6.61 Å². The number of benzene rings is 1. The van der Waals surface area contributed by atoms with E-state index >= 15 is 0 Å². The summed E-state index contributed by atoms with van der Waals surface area (Å²) in [5.74, 6) is 0.133. The summed E-state index contributed by atoms with van der Waals surface area (Å²) in [6.45, 7) is 1.44. The Bertz CT molecular complexity index is 562. The summed E-state index contributed by atoms with van der Waals surface area (Å²) in [5.41, 5.74) is 1.25. The number of rotatable bonds is 4. The minimum absolute atomic E-state index is 0.190. The molecule has 0 amide bonds. The molecule has 0 bridgehead atoms. The highest BCUT2D eigenvalue weighted by Gasteiger charge is 2.44. The summed E-state index contributed by atoms with van der Waals surface area (Å²) >= 11 is 0. The number of hydrogen-bond acceptors (Lipinski definition) is 3. The van der Waals surface area contributed by atoms with E-state index in [1.54, 1.807) is 0 Å². The van der Waals surface area contributed by atoms with Gasteiger partial charge in [-0.3, -0.25) is 0 Å². The van der Waals surface area contributed by atoms with Crippen molar-refractivity contribution >= 4 is 0 Å². The Balaban J connectivity index is 1.33. The van der Waals surface area contributed by atoms with Crippen LogP contribution in [0.5, 0.6) is 0 Å². The lowest BCUT2D eigenvalue weighted by molar-refractivity contribution is -0.191. The Morgan fingerprint density at radius 2 is 1.92 bits per heavy atom. The predicted octanol–water partition coefficient (Wildman–Crippen LogP) is 5.00. The topological polar surface area (TPSA) is 27.7 Å². The van der Waals surface area contributed by atoms with Crippen LogP contribution in [0.15, 0.2) is 42.5 Å². The average molecular weight is 342 g/mol. The third-order valence-electron chi connectivity index (χ3n) is 5.87. The normalized spacial score (nSPS) is 31.9. The first-order chi connectivity index (χ1) is 12.3. The van der Waals surface area contributed by atoms with Gasteiger partial charge in [0.05, 0.1) is 25.4 Å². The summed E-state index contributed by atoms with van der Waals surface area (Å²) in [6, 6.07) is 10.5. The fourth-order valence-electron chi connectivity index (χ4n) is 4.41. The maximum absolute atomic E-state index is 6.47. The van der Waals surface area contributed by atoms with Crippen LogP contribution in [0.4, 0.5) is 0 Å². The van der Waals surface area contributed by atoms with Crippen LogP contribution >= 0.6 is 0 Å². The molecule has 3 atom stereocenters. The van der Waals surface area contributed by atoms with Crippen molar-refractivity contribution in [1.29, 1.82) is 0 Å². The molecule has 1 heterocycles. The van der Waals surface area contributed by atoms with Crippen LogP contribution in [0.1, 0.15) is 56.9 Å². The standard InChI is InChI=1S/C22H30O3/c1-3-9-18(10-4-1)16-23-20-12-6-5-11-19(15-20)21-17-24-22(25-21)13-7-2-8-14-22/h1,3-5,9-11,19-21H,2,6-8,12-17H2/t19-,20+,21-/m1/s1. The van der Waals surface area contributed by atoms with Crippen LogP contribution in [0.2, 0.25) is 0 Å². The zero-order valence-electron chi connectivity index (χ0n) is 15.1. The minimum atomic E-state index is -0.274. The molecule has 1 saturated heterocycles. The lowest BCUT2D eigenvalue weighted by Gasteiger charge is -2.32. The number of ether oxygens (including phenoxy) is 3. The van der Waals surface area contributed by atoms with Gasteiger partial charge >= 0.3 is 0 Å². The van der Waals surface area contributed by atoms with Crippen molar-refractivity contribution in [2.45, 2.75) is 76.0 Å². The van der Waals surface area contributed by atoms with Crippen molar-refractivity contribution in [3.63, 3.8) is 0 Å². The van der Waals surface area contributed by atoms with Crippen molar-refractivity contribution in [1.82, 2.24) is 0 Å². The second-order valence-electron chi connectivity index (χ2n) is 7.76. The van der Waals surface area contributed by atoms with Gasteiger partial charge in [0.1, 0.15) is 0 Å². The van der Waals surface area contributed by atoms with Crippen LogP contribution in [0, 0.1) is 5.92 Å². The Labute approximate surface area is 151 Å². The van der Waals surface area contributed by atoms with Gasteiger partial charge < -0.3 is 14.2 Å². The SMILES string of the molecule is C1=C[C@@H]([C@H]2COC3(CCCCC3)O2)C[C@@H](OCc2ccccc2)CC1. The van der Waals surface area contributed by atoms with Gasteiger partial charge in [0, 0.05) is 18.8 Å². The number of allylic oxidation sites excluding steroid dienone is 1. The lowest BCUT2D eigenvalue weighted by Crippen LogP contribution is -2.35. The van der Waals surface area contributed by atoms with Crippen LogP contribution in [-0.4, -0.2) is 24.6 Å². The molecule has 1 aliphatic heterocycles. The Hall–Kier alpha value is -1.16. The molecule has 0 unspecified atom stereocenters. The first-order valence-electron chi connectivity index (χ1n) is 9.97.